The number of fused-ring (bicyclic) bond motifs is 1. The highest BCUT2D eigenvalue weighted by Crippen LogP contribution is 2.32. The van der Waals surface area contributed by atoms with Gasteiger partial charge in [0.05, 0.1) is 12.2 Å². The number of amides is 2. The number of nitrogens with zero attached hydrogens (tertiary/aromatic N) is 8. The summed E-state index contributed by atoms with van der Waals surface area (Å²) in [5.41, 5.74) is 3.81. The zero-order chi connectivity index (χ0) is 26.2. The summed E-state index contributed by atoms with van der Waals surface area (Å²) in [6.45, 7) is 11.7. The van der Waals surface area contributed by atoms with Gasteiger partial charge >= 0.3 is 6.03 Å². The van der Waals surface area contributed by atoms with Crippen LogP contribution in [0.4, 0.5) is 15.7 Å². The lowest BCUT2D eigenvalue weighted by Gasteiger charge is -2.38. The molecule has 2 amide bonds. The van der Waals surface area contributed by atoms with Crippen LogP contribution in [0.5, 0.6) is 0 Å². The molecule has 1 saturated heterocycles. The van der Waals surface area contributed by atoms with Crippen LogP contribution in [-0.4, -0.2) is 70.6 Å². The van der Waals surface area contributed by atoms with E-state index in [1.165, 1.54) is 0 Å². The maximum atomic E-state index is 13.5. The van der Waals surface area contributed by atoms with E-state index >= 15 is 0 Å². The number of thiazole rings is 1. The normalized spacial score (nSPS) is 16.6. The molecule has 0 radical (unpaired) electrons. The number of carbonyl (C=O) groups excluding carboxylic acids is 1. The molecule has 0 unspecified atom stereocenters. The molecular formula is C27H32N8OS. The Labute approximate surface area is 222 Å². The van der Waals surface area contributed by atoms with E-state index in [1.54, 1.807) is 22.4 Å². The number of anilines is 2. The number of hydrogen-bond donors (Lipinski definition) is 0. The first-order valence-corrected chi connectivity index (χ1v) is 13.4. The van der Waals surface area contributed by atoms with Crippen LogP contribution in [0, 0.1) is 16.7 Å². The quantitative estimate of drug-likeness (QED) is 0.501. The maximum absolute atomic E-state index is 13.5. The number of carbonyl (C=O) groups is 1. The van der Waals surface area contributed by atoms with Gasteiger partial charge in [0.15, 0.2) is 5.13 Å². The molecule has 2 aliphatic heterocycles. The lowest BCUT2D eigenvalue weighted by Crippen LogP contribution is -2.50. The summed E-state index contributed by atoms with van der Waals surface area (Å²) in [6.07, 6.45) is 1.67. The van der Waals surface area contributed by atoms with E-state index in [1.807, 2.05) is 11.0 Å². The van der Waals surface area contributed by atoms with Crippen LogP contribution in [0.15, 0.2) is 35.8 Å². The number of rotatable bonds is 5. The van der Waals surface area contributed by atoms with Crippen molar-refractivity contribution < 1.29 is 4.79 Å². The van der Waals surface area contributed by atoms with Gasteiger partial charge in [0.1, 0.15) is 11.9 Å². The van der Waals surface area contributed by atoms with Gasteiger partial charge in [-0.1, -0.05) is 45.0 Å². The fourth-order valence-corrected chi connectivity index (χ4v) is 5.50. The number of nitriles is 1. The molecule has 4 heterocycles. The van der Waals surface area contributed by atoms with E-state index in [9.17, 15) is 10.1 Å². The smallest absolute Gasteiger partial charge is 0.326 e. The SMILES string of the molecule is CN1CCN(c2nc(-c3ccc(CN4Cc5cnc(C#N)nc5N(CC(C)(C)C)C4=O)cc3)cs2)CC1. The Balaban J connectivity index is 1.32. The van der Waals surface area contributed by atoms with Crippen molar-refractivity contribution in [3.05, 3.63) is 52.8 Å². The van der Waals surface area contributed by atoms with Crippen molar-refractivity contribution in [3.8, 4) is 17.3 Å². The topological polar surface area (TPSA) is 92.5 Å². The molecule has 0 N–H and O–H groups in total. The molecule has 0 aliphatic carbocycles. The summed E-state index contributed by atoms with van der Waals surface area (Å²) in [5.74, 6) is 0.616. The first-order valence-electron chi connectivity index (χ1n) is 12.5. The number of piperazine rings is 1. The summed E-state index contributed by atoms with van der Waals surface area (Å²) >= 11 is 1.69. The van der Waals surface area contributed by atoms with E-state index in [0.717, 1.165) is 53.7 Å². The third-order valence-electron chi connectivity index (χ3n) is 6.58. The van der Waals surface area contributed by atoms with Crippen molar-refractivity contribution in [2.75, 3.05) is 49.6 Å². The Morgan fingerprint density at radius 2 is 1.81 bits per heavy atom. The standard InChI is InChI=1S/C27H32N8OS/c1-27(2,3)18-35-24-21(14-29-23(13-28)31-24)16-34(26(35)36)15-19-5-7-20(8-6-19)22-17-37-25(30-22)33-11-9-32(4)10-12-33/h5-8,14,17H,9-12,15-16,18H2,1-4H3. The highest BCUT2D eigenvalue weighted by molar-refractivity contribution is 7.14. The predicted octanol–water partition coefficient (Wildman–Crippen LogP) is 4.21. The second-order valence-corrected chi connectivity index (χ2v) is 11.8. The molecule has 2 aliphatic rings. The monoisotopic (exact) mass is 516 g/mol. The second kappa shape index (κ2) is 10.1. The number of hydrogen-bond acceptors (Lipinski definition) is 8. The van der Waals surface area contributed by atoms with Crippen LogP contribution in [-0.2, 0) is 13.1 Å². The van der Waals surface area contributed by atoms with Gasteiger partial charge in [0, 0.05) is 62.0 Å². The van der Waals surface area contributed by atoms with Crippen LogP contribution >= 0.6 is 11.3 Å². The fourth-order valence-electron chi connectivity index (χ4n) is 4.61. The van der Waals surface area contributed by atoms with E-state index in [0.29, 0.717) is 25.5 Å². The fraction of sp³-hybridized carbons (Fsp3) is 0.444. The van der Waals surface area contributed by atoms with E-state index in [2.05, 4.69) is 77.2 Å². The van der Waals surface area contributed by atoms with Gasteiger partial charge in [-0.25, -0.2) is 19.7 Å². The average molecular weight is 517 g/mol. The molecule has 192 valence electrons. The molecule has 0 saturated carbocycles. The van der Waals surface area contributed by atoms with Crippen molar-refractivity contribution in [3.63, 3.8) is 0 Å². The van der Waals surface area contributed by atoms with Gasteiger partial charge in [-0.3, -0.25) is 4.90 Å². The van der Waals surface area contributed by atoms with Gasteiger partial charge in [0.2, 0.25) is 5.82 Å². The molecular weight excluding hydrogens is 484 g/mol. The zero-order valence-corrected chi connectivity index (χ0v) is 22.6. The van der Waals surface area contributed by atoms with Gasteiger partial charge in [0.25, 0.3) is 0 Å². The Bertz CT molecular complexity index is 1320. The molecule has 37 heavy (non-hydrogen) atoms. The maximum Gasteiger partial charge on any atom is 0.326 e. The first-order chi connectivity index (χ1) is 17.7. The summed E-state index contributed by atoms with van der Waals surface area (Å²) in [7, 11) is 2.16. The second-order valence-electron chi connectivity index (χ2n) is 10.9. The highest BCUT2D eigenvalue weighted by atomic mass is 32.1. The molecule has 3 aromatic rings. The molecule has 5 rings (SSSR count). The highest BCUT2D eigenvalue weighted by Gasteiger charge is 2.34. The molecule has 10 heteroatoms. The lowest BCUT2D eigenvalue weighted by molar-refractivity contribution is 0.191. The predicted molar refractivity (Wildman–Crippen MR) is 145 cm³/mol. The molecule has 2 aromatic heterocycles. The molecule has 1 aromatic carbocycles. The first kappa shape index (κ1) is 25.1. The Morgan fingerprint density at radius 1 is 1.08 bits per heavy atom. The Hall–Kier alpha value is -3.55. The van der Waals surface area contributed by atoms with E-state index in [4.69, 9.17) is 4.98 Å². The molecule has 0 atom stereocenters. The van der Waals surface area contributed by atoms with Crippen molar-refractivity contribution in [2.45, 2.75) is 33.9 Å². The van der Waals surface area contributed by atoms with Crippen LogP contribution in [0.3, 0.4) is 0 Å². The Morgan fingerprint density at radius 3 is 2.49 bits per heavy atom. The minimum absolute atomic E-state index is 0.0762. The van der Waals surface area contributed by atoms with E-state index < -0.39 is 0 Å². The number of benzene rings is 1. The van der Waals surface area contributed by atoms with Crippen LogP contribution in [0.25, 0.3) is 11.3 Å². The van der Waals surface area contributed by atoms with Crippen molar-refractivity contribution in [2.24, 2.45) is 5.41 Å². The Kier molecular flexibility index (Phi) is 6.84. The summed E-state index contributed by atoms with van der Waals surface area (Å²) in [4.78, 5) is 35.1. The summed E-state index contributed by atoms with van der Waals surface area (Å²) < 4.78 is 0. The van der Waals surface area contributed by atoms with Gasteiger partial charge in [-0.05, 0) is 18.0 Å². The van der Waals surface area contributed by atoms with E-state index in [-0.39, 0.29) is 17.3 Å². The summed E-state index contributed by atoms with van der Waals surface area (Å²) in [6, 6.07) is 10.2. The van der Waals surface area contributed by atoms with Crippen LogP contribution in [0.1, 0.15) is 37.7 Å². The van der Waals surface area contributed by atoms with Crippen molar-refractivity contribution in [1.29, 1.82) is 5.26 Å². The number of aromatic nitrogens is 3. The van der Waals surface area contributed by atoms with Gasteiger partial charge in [-0.15, -0.1) is 11.3 Å². The molecule has 0 spiro atoms. The zero-order valence-electron chi connectivity index (χ0n) is 21.8. The molecule has 1 fully saturated rings. The lowest BCUT2D eigenvalue weighted by atomic mass is 9.95. The van der Waals surface area contributed by atoms with Gasteiger partial charge in [-0.2, -0.15) is 5.26 Å². The van der Waals surface area contributed by atoms with Crippen molar-refractivity contribution >= 4 is 28.3 Å². The minimum atomic E-state index is -0.133. The van der Waals surface area contributed by atoms with Crippen LogP contribution < -0.4 is 9.80 Å². The average Bonchev–Trinajstić information content (AvgIpc) is 3.37. The van der Waals surface area contributed by atoms with Gasteiger partial charge < -0.3 is 14.7 Å². The third kappa shape index (κ3) is 5.58. The minimum Gasteiger partial charge on any atom is -0.346 e. The number of urea groups is 1. The largest absolute Gasteiger partial charge is 0.346 e. The third-order valence-corrected chi connectivity index (χ3v) is 7.48. The molecule has 0 bridgehead atoms. The summed E-state index contributed by atoms with van der Waals surface area (Å²) in [5, 5.41) is 12.4. The number of likely N-dealkylation sites (N-methyl/N-ethyl adjacent to an activating group) is 1. The van der Waals surface area contributed by atoms with Crippen molar-refractivity contribution in [1.82, 2.24) is 24.8 Å². The molecule has 9 nitrogen and oxygen atoms in total. The van der Waals surface area contributed by atoms with Crippen LogP contribution in [0.2, 0.25) is 0 Å².